The lowest BCUT2D eigenvalue weighted by molar-refractivity contribution is -0.131. The van der Waals surface area contributed by atoms with Gasteiger partial charge in [0.2, 0.25) is 5.91 Å². The average molecular weight is 263 g/mol. The quantitative estimate of drug-likeness (QED) is 0.899. The maximum atomic E-state index is 11.9. The van der Waals surface area contributed by atoms with Crippen molar-refractivity contribution < 1.29 is 14.6 Å². The van der Waals surface area contributed by atoms with Crippen molar-refractivity contribution in [1.29, 1.82) is 0 Å². The molecule has 0 radical (unpaired) electrons. The number of rotatable bonds is 4. The van der Waals surface area contributed by atoms with Crippen LogP contribution in [0.25, 0.3) is 0 Å². The molecule has 1 aromatic rings. The lowest BCUT2D eigenvalue weighted by Gasteiger charge is -2.16. The Balaban J connectivity index is 1.80. The molecular formula is C15H21NO3. The van der Waals surface area contributed by atoms with E-state index in [9.17, 15) is 9.90 Å². The van der Waals surface area contributed by atoms with Gasteiger partial charge >= 0.3 is 0 Å². The van der Waals surface area contributed by atoms with Gasteiger partial charge in [0, 0.05) is 13.1 Å². The van der Waals surface area contributed by atoms with Gasteiger partial charge in [-0.15, -0.1) is 0 Å². The number of ether oxygens (including phenoxy) is 1. The first kappa shape index (κ1) is 13.9. The van der Waals surface area contributed by atoms with Crippen molar-refractivity contribution in [1.82, 2.24) is 4.90 Å². The maximum absolute atomic E-state index is 11.9. The Kier molecular flexibility index (Phi) is 4.43. The summed E-state index contributed by atoms with van der Waals surface area (Å²) in [5.41, 5.74) is 2.30. The molecule has 1 aliphatic heterocycles. The van der Waals surface area contributed by atoms with Crippen LogP contribution in [0.3, 0.4) is 0 Å². The fourth-order valence-corrected chi connectivity index (χ4v) is 2.26. The summed E-state index contributed by atoms with van der Waals surface area (Å²) >= 11 is 0. The number of aliphatic hydroxyl groups is 1. The second kappa shape index (κ2) is 6.06. The third kappa shape index (κ3) is 3.47. The van der Waals surface area contributed by atoms with Crippen LogP contribution < -0.4 is 4.74 Å². The molecule has 2 rings (SSSR count). The van der Waals surface area contributed by atoms with E-state index < -0.39 is 0 Å². The van der Waals surface area contributed by atoms with Crippen molar-refractivity contribution in [3.05, 3.63) is 29.3 Å². The summed E-state index contributed by atoms with van der Waals surface area (Å²) in [5.74, 6) is 0.899. The molecule has 1 aromatic carbocycles. The van der Waals surface area contributed by atoms with Gasteiger partial charge in [0.15, 0.2) is 0 Å². The number of aryl methyl sites for hydroxylation is 1. The zero-order chi connectivity index (χ0) is 13.8. The van der Waals surface area contributed by atoms with E-state index in [4.69, 9.17) is 4.74 Å². The molecule has 4 nitrogen and oxygen atoms in total. The standard InChI is InChI=1S/C15H21NO3/c1-11-4-3-5-14(12(11)2)19-9-7-15(18)16-8-6-13(17)10-16/h3-5,13,17H,6-10H2,1-2H3/t13-/m1/s1. The van der Waals surface area contributed by atoms with Crippen LogP contribution in [0.2, 0.25) is 0 Å². The number of hydrogen-bond acceptors (Lipinski definition) is 3. The van der Waals surface area contributed by atoms with Gasteiger partial charge < -0.3 is 14.7 Å². The smallest absolute Gasteiger partial charge is 0.226 e. The van der Waals surface area contributed by atoms with Gasteiger partial charge in [0.25, 0.3) is 0 Å². The molecule has 0 aliphatic carbocycles. The molecule has 1 atom stereocenters. The zero-order valence-electron chi connectivity index (χ0n) is 11.6. The molecule has 4 heteroatoms. The van der Waals surface area contributed by atoms with Crippen molar-refractivity contribution in [2.75, 3.05) is 19.7 Å². The van der Waals surface area contributed by atoms with E-state index >= 15 is 0 Å². The minimum absolute atomic E-state index is 0.0573. The molecule has 0 saturated carbocycles. The predicted molar refractivity (Wildman–Crippen MR) is 73.2 cm³/mol. The number of hydrogen-bond donors (Lipinski definition) is 1. The molecule has 1 fully saturated rings. The molecule has 1 heterocycles. The van der Waals surface area contributed by atoms with Gasteiger partial charge in [-0.05, 0) is 37.5 Å². The van der Waals surface area contributed by atoms with Crippen LogP contribution in [0.15, 0.2) is 18.2 Å². The highest BCUT2D eigenvalue weighted by Gasteiger charge is 2.24. The summed E-state index contributed by atoms with van der Waals surface area (Å²) in [5, 5.41) is 9.39. The number of likely N-dealkylation sites (tertiary alicyclic amines) is 1. The van der Waals surface area contributed by atoms with Gasteiger partial charge in [-0.1, -0.05) is 12.1 Å². The number of nitrogens with zero attached hydrogens (tertiary/aromatic N) is 1. The number of carbonyl (C=O) groups excluding carboxylic acids is 1. The molecule has 0 bridgehead atoms. The van der Waals surface area contributed by atoms with Crippen LogP contribution in [-0.4, -0.2) is 41.7 Å². The minimum Gasteiger partial charge on any atom is -0.493 e. The summed E-state index contributed by atoms with van der Waals surface area (Å²) < 4.78 is 5.66. The second-order valence-corrected chi connectivity index (χ2v) is 5.08. The molecular weight excluding hydrogens is 242 g/mol. The van der Waals surface area contributed by atoms with Crippen LogP contribution in [0, 0.1) is 13.8 Å². The largest absolute Gasteiger partial charge is 0.493 e. The third-order valence-corrected chi connectivity index (χ3v) is 3.64. The Morgan fingerprint density at radius 2 is 2.26 bits per heavy atom. The molecule has 0 aromatic heterocycles. The SMILES string of the molecule is Cc1cccc(OCCC(=O)N2CC[C@@H](O)C2)c1C. The zero-order valence-corrected chi connectivity index (χ0v) is 11.6. The Bertz CT molecular complexity index is 459. The maximum Gasteiger partial charge on any atom is 0.226 e. The van der Waals surface area contributed by atoms with E-state index in [1.54, 1.807) is 4.90 Å². The van der Waals surface area contributed by atoms with E-state index in [0.717, 1.165) is 11.3 Å². The fraction of sp³-hybridized carbons (Fsp3) is 0.533. The Morgan fingerprint density at radius 1 is 1.47 bits per heavy atom. The monoisotopic (exact) mass is 263 g/mol. The fourth-order valence-electron chi connectivity index (χ4n) is 2.26. The average Bonchev–Trinajstić information content (AvgIpc) is 2.81. The first-order chi connectivity index (χ1) is 9.08. The van der Waals surface area contributed by atoms with Crippen LogP contribution in [0.1, 0.15) is 24.0 Å². The highest BCUT2D eigenvalue weighted by Crippen LogP contribution is 2.20. The second-order valence-electron chi connectivity index (χ2n) is 5.08. The lowest BCUT2D eigenvalue weighted by atomic mass is 10.1. The highest BCUT2D eigenvalue weighted by atomic mass is 16.5. The summed E-state index contributed by atoms with van der Waals surface area (Å²) in [6, 6.07) is 5.92. The third-order valence-electron chi connectivity index (χ3n) is 3.64. The molecule has 0 unspecified atom stereocenters. The van der Waals surface area contributed by atoms with Gasteiger partial charge in [0.05, 0.1) is 19.1 Å². The van der Waals surface area contributed by atoms with Crippen LogP contribution in [-0.2, 0) is 4.79 Å². The molecule has 0 spiro atoms. The topological polar surface area (TPSA) is 49.8 Å². The summed E-state index contributed by atoms with van der Waals surface area (Å²) in [6.45, 7) is 5.56. The molecule has 104 valence electrons. The first-order valence-corrected chi connectivity index (χ1v) is 6.73. The minimum atomic E-state index is -0.358. The van der Waals surface area contributed by atoms with Crippen LogP contribution in [0.5, 0.6) is 5.75 Å². The number of aliphatic hydroxyl groups excluding tert-OH is 1. The Morgan fingerprint density at radius 3 is 2.95 bits per heavy atom. The van der Waals surface area contributed by atoms with E-state index in [-0.39, 0.29) is 12.0 Å². The first-order valence-electron chi connectivity index (χ1n) is 6.73. The van der Waals surface area contributed by atoms with Crippen molar-refractivity contribution in [2.24, 2.45) is 0 Å². The Hall–Kier alpha value is -1.55. The molecule has 1 amide bonds. The number of carbonyl (C=O) groups is 1. The van der Waals surface area contributed by atoms with Crippen LogP contribution >= 0.6 is 0 Å². The summed E-state index contributed by atoms with van der Waals surface area (Å²) in [4.78, 5) is 13.6. The van der Waals surface area contributed by atoms with Crippen molar-refractivity contribution in [2.45, 2.75) is 32.8 Å². The number of amides is 1. The molecule has 19 heavy (non-hydrogen) atoms. The molecule has 1 N–H and O–H groups in total. The van der Waals surface area contributed by atoms with Crippen molar-refractivity contribution >= 4 is 5.91 Å². The normalized spacial score (nSPS) is 18.7. The van der Waals surface area contributed by atoms with E-state index in [2.05, 4.69) is 0 Å². The summed E-state index contributed by atoms with van der Waals surface area (Å²) in [6.07, 6.45) is 0.688. The number of β-amino-alcohol motifs (C(OH)–C–C–N with tert-alkyl or cyclic N) is 1. The molecule has 1 saturated heterocycles. The highest BCUT2D eigenvalue weighted by molar-refractivity contribution is 5.76. The van der Waals surface area contributed by atoms with Gasteiger partial charge in [-0.2, -0.15) is 0 Å². The van der Waals surface area contributed by atoms with Crippen LogP contribution in [0.4, 0.5) is 0 Å². The molecule has 1 aliphatic rings. The van der Waals surface area contributed by atoms with Gasteiger partial charge in [-0.25, -0.2) is 0 Å². The van der Waals surface area contributed by atoms with Crippen molar-refractivity contribution in [3.8, 4) is 5.75 Å². The van der Waals surface area contributed by atoms with Crippen molar-refractivity contribution in [3.63, 3.8) is 0 Å². The van der Waals surface area contributed by atoms with Gasteiger partial charge in [-0.3, -0.25) is 4.79 Å². The summed E-state index contributed by atoms with van der Waals surface area (Å²) in [7, 11) is 0. The Labute approximate surface area is 114 Å². The van der Waals surface area contributed by atoms with Gasteiger partial charge in [0.1, 0.15) is 5.75 Å². The van der Waals surface area contributed by atoms with E-state index in [1.165, 1.54) is 5.56 Å². The van der Waals surface area contributed by atoms with E-state index in [0.29, 0.717) is 32.5 Å². The number of benzene rings is 1. The predicted octanol–water partition coefficient (Wildman–Crippen LogP) is 1.67. The lowest BCUT2D eigenvalue weighted by Crippen LogP contribution is -2.30. The van der Waals surface area contributed by atoms with E-state index in [1.807, 2.05) is 32.0 Å².